The molecule has 1 atom stereocenters. The number of carbonyl (C=O) groups excluding carboxylic acids is 1. The summed E-state index contributed by atoms with van der Waals surface area (Å²) in [5, 5.41) is 12.1. The van der Waals surface area contributed by atoms with Crippen molar-refractivity contribution in [3.63, 3.8) is 0 Å². The fraction of sp³-hybridized carbons (Fsp3) is 0.615. The van der Waals surface area contributed by atoms with Gasteiger partial charge in [-0.15, -0.1) is 0 Å². The predicted octanol–water partition coefficient (Wildman–Crippen LogP) is 2.11. The second-order valence-electron chi connectivity index (χ2n) is 5.27. The molecule has 2 N–H and O–H groups in total. The van der Waals surface area contributed by atoms with E-state index in [-0.39, 0.29) is 5.91 Å². The number of H-pyrrole nitrogens is 1. The topological polar surface area (TPSA) is 70.7 Å². The third kappa shape index (κ3) is 3.37. The summed E-state index contributed by atoms with van der Waals surface area (Å²) in [5.41, 5.74) is 0. The molecule has 0 spiro atoms. The fourth-order valence-electron chi connectivity index (χ4n) is 2.50. The molecule has 2 aliphatic carbocycles. The summed E-state index contributed by atoms with van der Waals surface area (Å²) in [6.45, 7) is 0. The molecular weight excluding hydrogens is 260 g/mol. The highest BCUT2D eigenvalue weighted by molar-refractivity contribution is 8.02. The van der Waals surface area contributed by atoms with Crippen LogP contribution in [-0.4, -0.2) is 27.1 Å². The molecule has 0 aromatic carbocycles. The third-order valence-electron chi connectivity index (χ3n) is 3.89. The number of aromatic nitrogens is 3. The summed E-state index contributed by atoms with van der Waals surface area (Å²) in [6, 6.07) is 0.404. The van der Waals surface area contributed by atoms with E-state index in [2.05, 4.69) is 20.5 Å². The number of carbonyl (C=O) groups is 1. The normalized spacial score (nSPS) is 21.3. The molecule has 5 nitrogen and oxygen atoms in total. The van der Waals surface area contributed by atoms with E-state index in [0.717, 1.165) is 5.92 Å². The van der Waals surface area contributed by atoms with Crippen LogP contribution < -0.4 is 5.32 Å². The molecule has 1 aromatic rings. The van der Waals surface area contributed by atoms with E-state index in [1.165, 1.54) is 50.2 Å². The Morgan fingerprint density at radius 2 is 2.21 bits per heavy atom. The van der Waals surface area contributed by atoms with E-state index in [9.17, 15) is 4.79 Å². The maximum atomic E-state index is 11.9. The van der Waals surface area contributed by atoms with E-state index in [1.807, 2.05) is 0 Å². The second kappa shape index (κ2) is 5.77. The summed E-state index contributed by atoms with van der Waals surface area (Å²) in [6.07, 6.45) is 9.46. The van der Waals surface area contributed by atoms with Gasteiger partial charge in [-0.2, -0.15) is 5.10 Å². The van der Waals surface area contributed by atoms with Crippen LogP contribution in [0.1, 0.15) is 32.1 Å². The van der Waals surface area contributed by atoms with Crippen molar-refractivity contribution in [3.8, 4) is 0 Å². The minimum atomic E-state index is 0.0100. The number of nitrogens with zero attached hydrogens (tertiary/aromatic N) is 2. The number of aromatic amines is 1. The van der Waals surface area contributed by atoms with Gasteiger partial charge in [0.25, 0.3) is 0 Å². The van der Waals surface area contributed by atoms with Crippen molar-refractivity contribution in [2.45, 2.75) is 43.3 Å². The van der Waals surface area contributed by atoms with Crippen molar-refractivity contribution in [2.24, 2.45) is 11.8 Å². The van der Waals surface area contributed by atoms with Crippen LogP contribution in [-0.2, 0) is 4.79 Å². The van der Waals surface area contributed by atoms with Gasteiger partial charge in [0.1, 0.15) is 6.33 Å². The summed E-state index contributed by atoms with van der Waals surface area (Å²) in [7, 11) is 0. The van der Waals surface area contributed by atoms with Gasteiger partial charge < -0.3 is 5.32 Å². The van der Waals surface area contributed by atoms with Gasteiger partial charge in [0, 0.05) is 12.1 Å². The van der Waals surface area contributed by atoms with Crippen LogP contribution in [0.15, 0.2) is 23.0 Å². The van der Waals surface area contributed by atoms with Crippen LogP contribution in [0.4, 0.5) is 0 Å². The standard InChI is InChI=1S/C13H18N4OS/c18-11(6-7-19-13-14-8-15-17-13)16-12(10-4-5-10)9-2-1-3-9/h6-10,12H,1-5H2,(H,16,18)(H,14,15,17)/b7-6+. The molecule has 2 saturated carbocycles. The summed E-state index contributed by atoms with van der Waals surface area (Å²) in [5.74, 6) is 1.45. The molecule has 2 fully saturated rings. The van der Waals surface area contributed by atoms with Crippen molar-refractivity contribution in [1.82, 2.24) is 20.5 Å². The smallest absolute Gasteiger partial charge is 0.244 e. The monoisotopic (exact) mass is 278 g/mol. The average molecular weight is 278 g/mol. The van der Waals surface area contributed by atoms with Crippen LogP contribution in [0.2, 0.25) is 0 Å². The lowest BCUT2D eigenvalue weighted by molar-refractivity contribution is -0.118. The number of rotatable bonds is 6. The lowest BCUT2D eigenvalue weighted by atomic mass is 9.78. The van der Waals surface area contributed by atoms with Crippen molar-refractivity contribution in [2.75, 3.05) is 0 Å². The predicted molar refractivity (Wildman–Crippen MR) is 73.4 cm³/mol. The first-order chi connectivity index (χ1) is 9.33. The quantitative estimate of drug-likeness (QED) is 0.617. The van der Waals surface area contributed by atoms with Crippen LogP contribution in [0.3, 0.4) is 0 Å². The van der Waals surface area contributed by atoms with Gasteiger partial charge >= 0.3 is 0 Å². The SMILES string of the molecule is O=C(/C=C/Sc1ncn[nH]1)NC(C1CCC1)C1CC1. The van der Waals surface area contributed by atoms with E-state index < -0.39 is 0 Å². The van der Waals surface area contributed by atoms with Crippen LogP contribution in [0.5, 0.6) is 0 Å². The molecule has 2 aliphatic rings. The van der Waals surface area contributed by atoms with Crippen LogP contribution in [0.25, 0.3) is 0 Å². The molecule has 1 heterocycles. The molecule has 0 bridgehead atoms. The van der Waals surface area contributed by atoms with Gasteiger partial charge in [-0.1, -0.05) is 18.2 Å². The Hall–Kier alpha value is -1.30. The van der Waals surface area contributed by atoms with Gasteiger partial charge in [-0.3, -0.25) is 9.89 Å². The number of thioether (sulfide) groups is 1. The Morgan fingerprint density at radius 3 is 2.79 bits per heavy atom. The zero-order chi connectivity index (χ0) is 13.1. The second-order valence-corrected chi connectivity index (χ2v) is 6.17. The Labute approximate surface area is 116 Å². The number of nitrogens with one attached hydrogen (secondary N) is 2. The van der Waals surface area contributed by atoms with Crippen molar-refractivity contribution in [3.05, 3.63) is 17.8 Å². The first-order valence-electron chi connectivity index (χ1n) is 6.82. The molecular formula is C13H18N4OS. The molecule has 1 amide bonds. The van der Waals surface area contributed by atoms with Crippen LogP contribution in [0, 0.1) is 11.8 Å². The zero-order valence-corrected chi connectivity index (χ0v) is 11.5. The molecule has 6 heteroatoms. The number of amides is 1. The lowest BCUT2D eigenvalue weighted by Gasteiger charge is -2.34. The van der Waals surface area contributed by atoms with Crippen molar-refractivity contribution in [1.29, 1.82) is 0 Å². The van der Waals surface area contributed by atoms with E-state index in [1.54, 1.807) is 11.5 Å². The molecule has 3 rings (SSSR count). The first-order valence-corrected chi connectivity index (χ1v) is 7.70. The first kappa shape index (κ1) is 12.7. The van der Waals surface area contributed by atoms with Gasteiger partial charge in [-0.05, 0) is 42.9 Å². The van der Waals surface area contributed by atoms with Crippen molar-refractivity contribution >= 4 is 17.7 Å². The molecule has 0 radical (unpaired) electrons. The Balaban J connectivity index is 1.47. The van der Waals surface area contributed by atoms with Gasteiger partial charge in [-0.25, -0.2) is 4.98 Å². The number of hydrogen-bond donors (Lipinski definition) is 2. The highest BCUT2D eigenvalue weighted by atomic mass is 32.2. The molecule has 0 aliphatic heterocycles. The lowest BCUT2D eigenvalue weighted by Crippen LogP contribution is -2.43. The van der Waals surface area contributed by atoms with Crippen molar-refractivity contribution < 1.29 is 4.79 Å². The van der Waals surface area contributed by atoms with E-state index >= 15 is 0 Å². The molecule has 19 heavy (non-hydrogen) atoms. The average Bonchev–Trinajstić information content (AvgIpc) is 3.05. The number of hydrogen-bond acceptors (Lipinski definition) is 4. The summed E-state index contributed by atoms with van der Waals surface area (Å²) >= 11 is 1.36. The Kier molecular flexibility index (Phi) is 3.87. The van der Waals surface area contributed by atoms with Crippen LogP contribution >= 0.6 is 11.8 Å². The highest BCUT2D eigenvalue weighted by Crippen LogP contribution is 2.42. The Morgan fingerprint density at radius 1 is 1.42 bits per heavy atom. The molecule has 1 aromatic heterocycles. The third-order valence-corrected chi connectivity index (χ3v) is 4.58. The minimum Gasteiger partial charge on any atom is -0.349 e. The maximum absolute atomic E-state index is 11.9. The van der Waals surface area contributed by atoms with E-state index in [4.69, 9.17) is 0 Å². The minimum absolute atomic E-state index is 0.0100. The summed E-state index contributed by atoms with van der Waals surface area (Å²) in [4.78, 5) is 15.9. The molecule has 0 saturated heterocycles. The molecule has 102 valence electrons. The zero-order valence-electron chi connectivity index (χ0n) is 10.7. The fourth-order valence-corrected chi connectivity index (χ4v) is 3.03. The molecule has 1 unspecified atom stereocenters. The highest BCUT2D eigenvalue weighted by Gasteiger charge is 2.39. The summed E-state index contributed by atoms with van der Waals surface area (Å²) < 4.78 is 0. The largest absolute Gasteiger partial charge is 0.349 e. The van der Waals surface area contributed by atoms with E-state index in [0.29, 0.717) is 17.1 Å². The van der Waals surface area contributed by atoms with Gasteiger partial charge in [0.05, 0.1) is 0 Å². The Bertz CT molecular complexity index is 451. The van der Waals surface area contributed by atoms with Gasteiger partial charge in [0.2, 0.25) is 5.91 Å². The van der Waals surface area contributed by atoms with Gasteiger partial charge in [0.15, 0.2) is 5.16 Å². The maximum Gasteiger partial charge on any atom is 0.244 e.